The van der Waals surface area contributed by atoms with Crippen molar-refractivity contribution in [3.05, 3.63) is 0 Å². The first-order chi connectivity index (χ1) is 6.86. The summed E-state index contributed by atoms with van der Waals surface area (Å²) < 4.78 is 0. The zero-order chi connectivity index (χ0) is 9.80. The minimum Gasteiger partial charge on any atom is -0.354 e. The van der Waals surface area contributed by atoms with Crippen molar-refractivity contribution in [2.45, 2.75) is 25.3 Å². The van der Waals surface area contributed by atoms with Crippen LogP contribution in [-0.4, -0.2) is 36.5 Å². The van der Waals surface area contributed by atoms with E-state index in [1.165, 1.54) is 17.9 Å². The molecule has 2 unspecified atom stereocenters. The molecule has 0 aromatic rings. The Bertz CT molecular complexity index is 198. The third-order valence-electron chi connectivity index (χ3n) is 2.97. The van der Waals surface area contributed by atoms with Crippen LogP contribution in [0, 0.1) is 5.92 Å². The van der Waals surface area contributed by atoms with Gasteiger partial charge >= 0.3 is 0 Å². The van der Waals surface area contributed by atoms with Crippen molar-refractivity contribution in [3.63, 3.8) is 0 Å². The maximum absolute atomic E-state index is 11.6. The zero-order valence-corrected chi connectivity index (χ0v) is 9.24. The van der Waals surface area contributed by atoms with Gasteiger partial charge in [-0.3, -0.25) is 4.79 Å². The van der Waals surface area contributed by atoms with Crippen LogP contribution in [0.25, 0.3) is 0 Å². The van der Waals surface area contributed by atoms with Gasteiger partial charge in [-0.2, -0.15) is 11.8 Å². The van der Waals surface area contributed by atoms with Crippen LogP contribution in [0.4, 0.5) is 0 Å². The lowest BCUT2D eigenvalue weighted by atomic mass is 10.1. The summed E-state index contributed by atoms with van der Waals surface area (Å²) >= 11 is 2.00. The van der Waals surface area contributed by atoms with Crippen LogP contribution < -0.4 is 10.6 Å². The molecule has 1 amide bonds. The second-order valence-electron chi connectivity index (χ2n) is 4.12. The number of rotatable bonds is 3. The van der Waals surface area contributed by atoms with Crippen LogP contribution in [-0.2, 0) is 4.79 Å². The minimum atomic E-state index is 0.0871. The number of carbonyl (C=O) groups excluding carboxylic acids is 1. The van der Waals surface area contributed by atoms with E-state index in [-0.39, 0.29) is 11.9 Å². The summed E-state index contributed by atoms with van der Waals surface area (Å²) in [5, 5.41) is 6.27. The van der Waals surface area contributed by atoms with Crippen LogP contribution >= 0.6 is 11.8 Å². The third-order valence-corrected chi connectivity index (χ3v) is 4.20. The van der Waals surface area contributed by atoms with E-state index >= 15 is 0 Å². The molecule has 2 aliphatic heterocycles. The fourth-order valence-corrected chi connectivity index (χ4v) is 3.31. The van der Waals surface area contributed by atoms with Gasteiger partial charge < -0.3 is 10.6 Å². The molecule has 0 spiro atoms. The van der Waals surface area contributed by atoms with E-state index in [4.69, 9.17) is 0 Å². The number of hydrogen-bond donors (Lipinski definition) is 2. The van der Waals surface area contributed by atoms with Crippen molar-refractivity contribution in [2.75, 3.05) is 24.6 Å². The average molecular weight is 214 g/mol. The van der Waals surface area contributed by atoms with E-state index in [1.807, 2.05) is 11.8 Å². The van der Waals surface area contributed by atoms with Gasteiger partial charge in [0.2, 0.25) is 5.91 Å². The summed E-state index contributed by atoms with van der Waals surface area (Å²) in [6.45, 7) is 1.88. The zero-order valence-electron chi connectivity index (χ0n) is 8.42. The third kappa shape index (κ3) is 2.64. The molecule has 2 heterocycles. The van der Waals surface area contributed by atoms with Gasteiger partial charge in [-0.1, -0.05) is 0 Å². The fourth-order valence-electron chi connectivity index (χ4n) is 2.02. The Balaban J connectivity index is 1.66. The molecule has 3 nitrogen and oxygen atoms in total. The van der Waals surface area contributed by atoms with E-state index in [9.17, 15) is 4.79 Å². The predicted octanol–water partition coefficient (Wildman–Crippen LogP) is 0.608. The predicted molar refractivity (Wildman–Crippen MR) is 59.5 cm³/mol. The van der Waals surface area contributed by atoms with E-state index in [0.29, 0.717) is 5.92 Å². The first-order valence-corrected chi connectivity index (χ1v) is 6.60. The van der Waals surface area contributed by atoms with E-state index < -0.39 is 0 Å². The largest absolute Gasteiger partial charge is 0.354 e. The van der Waals surface area contributed by atoms with Crippen LogP contribution in [0.15, 0.2) is 0 Å². The van der Waals surface area contributed by atoms with Gasteiger partial charge in [0, 0.05) is 6.54 Å². The molecule has 2 N–H and O–H groups in total. The fraction of sp³-hybridized carbons (Fsp3) is 0.900. The number of hydrogen-bond acceptors (Lipinski definition) is 3. The topological polar surface area (TPSA) is 41.1 Å². The van der Waals surface area contributed by atoms with Crippen molar-refractivity contribution in [1.29, 1.82) is 0 Å². The maximum atomic E-state index is 11.6. The highest BCUT2D eigenvalue weighted by molar-refractivity contribution is 7.99. The van der Waals surface area contributed by atoms with Gasteiger partial charge in [0.05, 0.1) is 6.04 Å². The van der Waals surface area contributed by atoms with Crippen LogP contribution in [0.3, 0.4) is 0 Å². The van der Waals surface area contributed by atoms with E-state index in [1.54, 1.807) is 0 Å². The molecule has 0 saturated carbocycles. The average Bonchev–Trinajstić information content (AvgIpc) is 2.87. The molecular weight excluding hydrogens is 196 g/mol. The molecule has 2 atom stereocenters. The Morgan fingerprint density at radius 1 is 1.50 bits per heavy atom. The highest BCUT2D eigenvalue weighted by atomic mass is 32.2. The molecule has 2 rings (SSSR count). The van der Waals surface area contributed by atoms with Gasteiger partial charge in [0.15, 0.2) is 0 Å². The van der Waals surface area contributed by atoms with E-state index in [2.05, 4.69) is 10.6 Å². The van der Waals surface area contributed by atoms with Crippen molar-refractivity contribution in [1.82, 2.24) is 10.6 Å². The lowest BCUT2D eigenvalue weighted by Gasteiger charge is -2.13. The summed E-state index contributed by atoms with van der Waals surface area (Å²) in [6, 6.07) is 0.0871. The number of thioether (sulfide) groups is 1. The first kappa shape index (κ1) is 10.3. The molecule has 0 aromatic carbocycles. The second kappa shape index (κ2) is 5.03. The summed E-state index contributed by atoms with van der Waals surface area (Å²) in [6.07, 6.45) is 3.41. The van der Waals surface area contributed by atoms with Crippen LogP contribution in [0.5, 0.6) is 0 Å². The molecule has 2 aliphatic rings. The Morgan fingerprint density at radius 2 is 2.43 bits per heavy atom. The summed E-state index contributed by atoms with van der Waals surface area (Å²) in [5.74, 6) is 3.41. The maximum Gasteiger partial charge on any atom is 0.237 e. The number of carbonyl (C=O) groups is 1. The van der Waals surface area contributed by atoms with E-state index in [0.717, 1.165) is 25.9 Å². The smallest absolute Gasteiger partial charge is 0.237 e. The molecule has 4 heteroatoms. The van der Waals surface area contributed by atoms with Crippen LogP contribution in [0.1, 0.15) is 19.3 Å². The quantitative estimate of drug-likeness (QED) is 0.723. The van der Waals surface area contributed by atoms with Gasteiger partial charge in [0.25, 0.3) is 0 Å². The summed E-state index contributed by atoms with van der Waals surface area (Å²) in [5.41, 5.74) is 0. The molecule has 0 radical (unpaired) electrons. The molecule has 2 fully saturated rings. The Hall–Kier alpha value is -0.220. The molecule has 0 aliphatic carbocycles. The monoisotopic (exact) mass is 214 g/mol. The standard InChI is InChI=1S/C10H18N2OS/c13-10(9-2-1-4-11-9)12-6-8-3-5-14-7-8/h8-9,11H,1-7H2,(H,12,13). The van der Waals surface area contributed by atoms with Crippen molar-refractivity contribution >= 4 is 17.7 Å². The molecule has 0 aromatic heterocycles. The normalized spacial score (nSPS) is 32.0. The second-order valence-corrected chi connectivity index (χ2v) is 5.27. The Labute approximate surface area is 89.4 Å². The first-order valence-electron chi connectivity index (χ1n) is 5.45. The van der Waals surface area contributed by atoms with Gasteiger partial charge in [-0.25, -0.2) is 0 Å². The molecule has 2 saturated heterocycles. The Morgan fingerprint density at radius 3 is 3.07 bits per heavy atom. The molecule has 80 valence electrons. The lowest BCUT2D eigenvalue weighted by molar-refractivity contribution is -0.122. The highest BCUT2D eigenvalue weighted by Gasteiger charge is 2.23. The molecule has 0 bridgehead atoms. The number of amides is 1. The lowest BCUT2D eigenvalue weighted by Crippen LogP contribution is -2.42. The van der Waals surface area contributed by atoms with Crippen molar-refractivity contribution in [2.24, 2.45) is 5.92 Å². The summed E-state index contributed by atoms with van der Waals surface area (Å²) in [7, 11) is 0. The minimum absolute atomic E-state index is 0.0871. The highest BCUT2D eigenvalue weighted by Crippen LogP contribution is 2.22. The molecule has 14 heavy (non-hydrogen) atoms. The van der Waals surface area contributed by atoms with Crippen molar-refractivity contribution in [3.8, 4) is 0 Å². The molecular formula is C10H18N2OS. The van der Waals surface area contributed by atoms with Crippen LogP contribution in [0.2, 0.25) is 0 Å². The van der Waals surface area contributed by atoms with Gasteiger partial charge in [-0.05, 0) is 43.2 Å². The van der Waals surface area contributed by atoms with Crippen molar-refractivity contribution < 1.29 is 4.79 Å². The summed E-state index contributed by atoms with van der Waals surface area (Å²) in [4.78, 5) is 11.6. The van der Waals surface area contributed by atoms with Gasteiger partial charge in [0.1, 0.15) is 0 Å². The number of nitrogens with one attached hydrogen (secondary N) is 2. The van der Waals surface area contributed by atoms with Gasteiger partial charge in [-0.15, -0.1) is 0 Å². The Kier molecular flexibility index (Phi) is 3.70. The SMILES string of the molecule is O=C(NCC1CCSC1)C1CCCN1.